The van der Waals surface area contributed by atoms with Gasteiger partial charge in [0.15, 0.2) is 4.11 Å². The third-order valence-electron chi connectivity index (χ3n) is 3.93. The van der Waals surface area contributed by atoms with Crippen LogP contribution in [0.2, 0.25) is 0 Å². The van der Waals surface area contributed by atoms with E-state index in [1.165, 1.54) is 46.9 Å². The number of primary amides is 1. The number of amides is 3. The van der Waals surface area contributed by atoms with Crippen molar-refractivity contribution in [1.82, 2.24) is 8.01 Å². The molecule has 4 atom stereocenters. The van der Waals surface area contributed by atoms with Crippen LogP contribution in [0.15, 0.2) is 24.3 Å². The molecule has 6 N–H and O–H groups in total. The smallest absolute Gasteiger partial charge is 0.264 e. The molecule has 0 aliphatic carbocycles. The summed E-state index contributed by atoms with van der Waals surface area (Å²) in [6.45, 7) is -0.0559. The van der Waals surface area contributed by atoms with Gasteiger partial charge in [0.25, 0.3) is 5.91 Å². The van der Waals surface area contributed by atoms with Crippen LogP contribution >= 0.6 is 68.0 Å². The number of aliphatic hydroxyl groups excluding tert-OH is 3. The summed E-state index contributed by atoms with van der Waals surface area (Å²) in [6, 6.07) is 5.83. The zero-order valence-corrected chi connectivity index (χ0v) is 21.5. The molecule has 162 valence electrons. The first-order chi connectivity index (χ1) is 13.4. The lowest BCUT2D eigenvalue weighted by Crippen LogP contribution is -2.66. The first kappa shape index (κ1) is 26.7. The van der Waals surface area contributed by atoms with Crippen LogP contribution in [0.4, 0.5) is 0 Å². The standard InChI is InChI=1S/C16H20I3N3O7/c1-8(24)21(6-9(25)7-23)16(29,15(18)28)14(17)22(19)13(27)11-5-3-2-4-10(11)12(20)26/h2-5,9,14-15,23,25,28-29H,6-7H2,1H3,(H2,20,26). The van der Waals surface area contributed by atoms with Crippen molar-refractivity contribution in [2.45, 2.75) is 26.9 Å². The van der Waals surface area contributed by atoms with E-state index in [1.54, 1.807) is 45.5 Å². The molecule has 0 saturated carbocycles. The Morgan fingerprint density at radius 2 is 1.69 bits per heavy atom. The highest BCUT2D eigenvalue weighted by Crippen LogP contribution is 2.36. The lowest BCUT2D eigenvalue weighted by Gasteiger charge is -2.45. The Morgan fingerprint density at radius 3 is 2.10 bits per heavy atom. The summed E-state index contributed by atoms with van der Waals surface area (Å²) in [7, 11) is 0. The van der Waals surface area contributed by atoms with E-state index in [-0.39, 0.29) is 11.1 Å². The van der Waals surface area contributed by atoms with E-state index in [4.69, 9.17) is 10.8 Å². The number of benzene rings is 1. The summed E-state index contributed by atoms with van der Waals surface area (Å²) >= 11 is 4.74. The van der Waals surface area contributed by atoms with Crippen LogP contribution < -0.4 is 5.73 Å². The summed E-state index contributed by atoms with van der Waals surface area (Å²) in [6.07, 6.45) is -1.38. The highest BCUT2D eigenvalue weighted by molar-refractivity contribution is 14.1. The molecule has 0 radical (unpaired) electrons. The third kappa shape index (κ3) is 6.10. The van der Waals surface area contributed by atoms with E-state index in [9.17, 15) is 29.7 Å². The topological polar surface area (TPSA) is 165 Å². The van der Waals surface area contributed by atoms with Gasteiger partial charge in [0.2, 0.25) is 17.5 Å². The lowest BCUT2D eigenvalue weighted by molar-refractivity contribution is -0.179. The maximum atomic E-state index is 13.0. The third-order valence-corrected chi connectivity index (χ3v) is 8.39. The van der Waals surface area contributed by atoms with Crippen LogP contribution in [-0.2, 0) is 4.79 Å². The van der Waals surface area contributed by atoms with Crippen LogP contribution in [0.5, 0.6) is 0 Å². The van der Waals surface area contributed by atoms with E-state index < -0.39 is 50.9 Å². The van der Waals surface area contributed by atoms with Gasteiger partial charge in [-0.2, -0.15) is 0 Å². The number of rotatable bonds is 9. The van der Waals surface area contributed by atoms with Crippen molar-refractivity contribution in [3.05, 3.63) is 35.4 Å². The molecule has 13 heteroatoms. The molecule has 0 aliphatic rings. The van der Waals surface area contributed by atoms with Gasteiger partial charge in [-0.15, -0.1) is 0 Å². The minimum Gasteiger partial charge on any atom is -0.394 e. The highest BCUT2D eigenvalue weighted by atomic mass is 127. The molecule has 0 saturated heterocycles. The first-order valence-corrected chi connectivity index (χ1v) is 11.5. The van der Waals surface area contributed by atoms with Crippen LogP contribution in [-0.4, -0.2) is 79.3 Å². The lowest BCUT2D eigenvalue weighted by atomic mass is 10.1. The van der Waals surface area contributed by atoms with Gasteiger partial charge in [-0.3, -0.25) is 17.5 Å². The monoisotopic (exact) mass is 747 g/mol. The fourth-order valence-corrected chi connectivity index (χ4v) is 5.40. The maximum Gasteiger partial charge on any atom is 0.264 e. The van der Waals surface area contributed by atoms with Gasteiger partial charge in [0.05, 0.1) is 53.2 Å². The van der Waals surface area contributed by atoms with Crippen LogP contribution in [0, 0.1) is 0 Å². The summed E-state index contributed by atoms with van der Waals surface area (Å²) in [4.78, 5) is 37.5. The molecule has 1 aromatic rings. The molecular weight excluding hydrogens is 727 g/mol. The Hall–Kier alpha value is -0.340. The minimum atomic E-state index is -2.33. The van der Waals surface area contributed by atoms with Crippen LogP contribution in [0.25, 0.3) is 0 Å². The Morgan fingerprint density at radius 1 is 1.17 bits per heavy atom. The SMILES string of the molecule is CC(=O)N(CC(O)CO)C(O)(C(O)I)C(I)N(I)C(=O)c1ccccc1C(N)=O. The predicted octanol–water partition coefficient (Wildman–Crippen LogP) is -0.0175. The van der Waals surface area contributed by atoms with E-state index >= 15 is 0 Å². The van der Waals surface area contributed by atoms with Gasteiger partial charge < -0.3 is 31.1 Å². The molecule has 0 spiro atoms. The zero-order valence-electron chi connectivity index (χ0n) is 15.1. The number of halogens is 3. The summed E-state index contributed by atoms with van der Waals surface area (Å²) in [5, 5.41) is 40.3. The number of hydrogen-bond acceptors (Lipinski definition) is 7. The minimum absolute atomic E-state index is 0.0221. The summed E-state index contributed by atoms with van der Waals surface area (Å²) in [5.41, 5.74) is 2.93. The second-order valence-corrected chi connectivity index (χ2v) is 9.35. The van der Waals surface area contributed by atoms with E-state index in [2.05, 4.69) is 0 Å². The van der Waals surface area contributed by atoms with Crippen molar-refractivity contribution in [3.63, 3.8) is 0 Å². The van der Waals surface area contributed by atoms with Crippen LogP contribution in [0.1, 0.15) is 27.6 Å². The van der Waals surface area contributed by atoms with E-state index in [1.807, 2.05) is 0 Å². The van der Waals surface area contributed by atoms with Crippen molar-refractivity contribution < 1.29 is 34.8 Å². The number of nitrogens with two attached hydrogens (primary N) is 1. The zero-order chi connectivity index (χ0) is 22.5. The van der Waals surface area contributed by atoms with Crippen molar-refractivity contribution in [2.75, 3.05) is 13.2 Å². The number of hydrogen-bond donors (Lipinski definition) is 5. The van der Waals surface area contributed by atoms with Gasteiger partial charge in [-0.05, 0) is 34.7 Å². The number of nitrogens with zero attached hydrogens (tertiary/aromatic N) is 2. The number of carbonyl (C=O) groups excluding carboxylic acids is 3. The van der Waals surface area contributed by atoms with E-state index in [0.29, 0.717) is 0 Å². The normalized spacial score (nSPS) is 16.3. The molecule has 3 amide bonds. The van der Waals surface area contributed by atoms with Crippen molar-refractivity contribution in [2.24, 2.45) is 5.73 Å². The Labute approximate surface area is 208 Å². The molecule has 0 heterocycles. The van der Waals surface area contributed by atoms with E-state index in [0.717, 1.165) is 14.9 Å². The largest absolute Gasteiger partial charge is 0.394 e. The highest BCUT2D eigenvalue weighted by Gasteiger charge is 2.51. The first-order valence-electron chi connectivity index (χ1n) is 8.03. The predicted molar refractivity (Wildman–Crippen MR) is 128 cm³/mol. The molecule has 1 rings (SSSR count). The number of aliphatic hydroxyl groups is 4. The Kier molecular flexibility index (Phi) is 10.4. The molecule has 0 fully saturated rings. The fourth-order valence-electron chi connectivity index (χ4n) is 2.44. The van der Waals surface area contributed by atoms with Crippen molar-refractivity contribution in [1.29, 1.82) is 0 Å². The summed E-state index contributed by atoms with van der Waals surface area (Å²) < 4.78 is -1.78. The fraction of sp³-hybridized carbons (Fsp3) is 0.438. The second-order valence-electron chi connectivity index (χ2n) is 5.95. The van der Waals surface area contributed by atoms with Gasteiger partial charge in [-0.25, -0.2) is 0 Å². The van der Waals surface area contributed by atoms with Crippen LogP contribution in [0.3, 0.4) is 0 Å². The number of carbonyl (C=O) groups is 3. The van der Waals surface area contributed by atoms with Gasteiger partial charge >= 0.3 is 0 Å². The van der Waals surface area contributed by atoms with Crippen molar-refractivity contribution >= 4 is 85.8 Å². The molecule has 1 aromatic carbocycles. The molecule has 10 nitrogen and oxygen atoms in total. The number of alkyl halides is 2. The summed E-state index contributed by atoms with van der Waals surface area (Å²) in [5.74, 6) is -2.21. The van der Waals surface area contributed by atoms with Crippen molar-refractivity contribution in [3.8, 4) is 0 Å². The molecule has 29 heavy (non-hydrogen) atoms. The molecular formula is C16H20I3N3O7. The molecule has 0 aliphatic heterocycles. The molecule has 0 bridgehead atoms. The molecule has 4 unspecified atom stereocenters. The average Bonchev–Trinajstić information content (AvgIpc) is 2.68. The van der Waals surface area contributed by atoms with Gasteiger partial charge in [0, 0.05) is 6.92 Å². The Balaban J connectivity index is 3.37. The van der Waals surface area contributed by atoms with Gasteiger partial charge in [-0.1, -0.05) is 34.7 Å². The second kappa shape index (κ2) is 11.3. The molecule has 0 aromatic heterocycles. The maximum absolute atomic E-state index is 13.0. The van der Waals surface area contributed by atoms with Gasteiger partial charge in [0.1, 0.15) is 4.05 Å². The quantitative estimate of drug-likeness (QED) is 0.0780. The average molecular weight is 747 g/mol. The Bertz CT molecular complexity index is 767.